The van der Waals surface area contributed by atoms with Gasteiger partial charge in [0.05, 0.1) is 6.26 Å². The lowest BCUT2D eigenvalue weighted by molar-refractivity contribution is 0.126. The number of hydrogen-bond donors (Lipinski definition) is 2. The van der Waals surface area contributed by atoms with Crippen LogP contribution in [0.4, 0.5) is 0 Å². The van der Waals surface area contributed by atoms with Crippen molar-refractivity contribution in [3.8, 4) is 0 Å². The quantitative estimate of drug-likeness (QED) is 0.771. The second-order valence-electron chi connectivity index (χ2n) is 4.31. The summed E-state index contributed by atoms with van der Waals surface area (Å²) in [5, 5.41) is 3.28. The molecule has 0 aromatic rings. The first-order chi connectivity index (χ1) is 6.90. The van der Waals surface area contributed by atoms with Crippen molar-refractivity contribution >= 4 is 34.8 Å². The van der Waals surface area contributed by atoms with Crippen LogP contribution in [0.1, 0.15) is 13.8 Å². The van der Waals surface area contributed by atoms with Crippen LogP contribution < -0.4 is 10.0 Å². The summed E-state index contributed by atoms with van der Waals surface area (Å²) in [4.78, 5) is 2.33. The lowest BCUT2D eigenvalue weighted by Crippen LogP contribution is -2.57. The van der Waals surface area contributed by atoms with Gasteiger partial charge in [-0.15, -0.1) is 24.8 Å². The van der Waals surface area contributed by atoms with Crippen molar-refractivity contribution in [2.75, 3.05) is 32.4 Å². The predicted molar refractivity (Wildman–Crippen MR) is 75.8 cm³/mol. The number of nitrogens with one attached hydrogen (secondary N) is 2. The van der Waals surface area contributed by atoms with Gasteiger partial charge in [-0.05, 0) is 13.8 Å². The van der Waals surface area contributed by atoms with Crippen molar-refractivity contribution < 1.29 is 8.42 Å². The summed E-state index contributed by atoms with van der Waals surface area (Å²) in [5.41, 5.74) is 0. The molecule has 1 aliphatic rings. The maximum absolute atomic E-state index is 11.0. The van der Waals surface area contributed by atoms with Crippen LogP contribution in [0.15, 0.2) is 0 Å². The molecule has 1 heterocycles. The molecule has 0 bridgehead atoms. The van der Waals surface area contributed by atoms with E-state index in [0.29, 0.717) is 12.6 Å². The van der Waals surface area contributed by atoms with E-state index in [4.69, 9.17) is 0 Å². The van der Waals surface area contributed by atoms with Crippen LogP contribution in [-0.4, -0.2) is 57.8 Å². The van der Waals surface area contributed by atoms with Crippen molar-refractivity contribution in [3.63, 3.8) is 0 Å². The summed E-state index contributed by atoms with van der Waals surface area (Å²) in [6, 6.07) is 0.715. The molecule has 5 nitrogen and oxygen atoms in total. The molecule has 0 unspecified atom stereocenters. The number of hydrogen-bond acceptors (Lipinski definition) is 4. The van der Waals surface area contributed by atoms with E-state index >= 15 is 0 Å². The second-order valence-corrected chi connectivity index (χ2v) is 6.14. The Morgan fingerprint density at radius 3 is 2.47 bits per heavy atom. The number of sulfonamides is 1. The van der Waals surface area contributed by atoms with E-state index in [1.807, 2.05) is 0 Å². The Morgan fingerprint density at radius 1 is 1.41 bits per heavy atom. The lowest BCUT2D eigenvalue weighted by Gasteiger charge is -2.38. The molecule has 0 radical (unpaired) electrons. The molecule has 0 saturated carbocycles. The third kappa shape index (κ3) is 7.43. The van der Waals surface area contributed by atoms with Gasteiger partial charge in [-0.2, -0.15) is 0 Å². The predicted octanol–water partition coefficient (Wildman–Crippen LogP) is 0.0614. The molecule has 1 saturated heterocycles. The average Bonchev–Trinajstić information content (AvgIpc) is 2.14. The fraction of sp³-hybridized carbons (Fsp3) is 1.00. The van der Waals surface area contributed by atoms with E-state index in [2.05, 4.69) is 28.8 Å². The van der Waals surface area contributed by atoms with E-state index in [1.165, 1.54) is 6.26 Å². The zero-order valence-corrected chi connectivity index (χ0v) is 12.9. The highest BCUT2D eigenvalue weighted by molar-refractivity contribution is 7.88. The molecule has 8 heteroatoms. The highest BCUT2D eigenvalue weighted by atomic mass is 35.5. The summed E-state index contributed by atoms with van der Waals surface area (Å²) in [5.74, 6) is 0. The number of rotatable bonds is 4. The zero-order chi connectivity index (χ0) is 11.5. The van der Waals surface area contributed by atoms with Gasteiger partial charge in [0.15, 0.2) is 0 Å². The Balaban J connectivity index is 0. The molecular formula is C9H23Cl2N3O2S. The molecule has 0 amide bonds. The van der Waals surface area contributed by atoms with Gasteiger partial charge in [-0.3, -0.25) is 4.90 Å². The van der Waals surface area contributed by atoms with Gasteiger partial charge >= 0.3 is 0 Å². The first-order valence-electron chi connectivity index (χ1n) is 5.31. The molecule has 0 spiro atoms. The minimum absolute atomic E-state index is 0. The molecule has 106 valence electrons. The monoisotopic (exact) mass is 307 g/mol. The Kier molecular flexibility index (Phi) is 9.87. The van der Waals surface area contributed by atoms with Crippen LogP contribution in [0.25, 0.3) is 0 Å². The average molecular weight is 308 g/mol. The van der Waals surface area contributed by atoms with E-state index in [0.717, 1.165) is 19.6 Å². The van der Waals surface area contributed by atoms with Crippen LogP contribution in [0.3, 0.4) is 0 Å². The van der Waals surface area contributed by atoms with Crippen LogP contribution in [0.5, 0.6) is 0 Å². The molecule has 1 fully saturated rings. The Bertz CT molecular complexity index is 299. The van der Waals surface area contributed by atoms with Crippen molar-refractivity contribution in [2.24, 2.45) is 0 Å². The highest BCUT2D eigenvalue weighted by Crippen LogP contribution is 2.07. The largest absolute Gasteiger partial charge is 0.314 e. The van der Waals surface area contributed by atoms with Gasteiger partial charge in [0.1, 0.15) is 0 Å². The molecule has 0 aromatic carbocycles. The van der Waals surface area contributed by atoms with Crippen LogP contribution in [-0.2, 0) is 10.0 Å². The van der Waals surface area contributed by atoms with Crippen molar-refractivity contribution in [1.29, 1.82) is 0 Å². The third-order valence-corrected chi connectivity index (χ3v) is 3.33. The summed E-state index contributed by atoms with van der Waals surface area (Å²) < 4.78 is 24.6. The second kappa shape index (κ2) is 8.50. The first kappa shape index (κ1) is 19.7. The topological polar surface area (TPSA) is 61.4 Å². The third-order valence-electron chi connectivity index (χ3n) is 2.64. The van der Waals surface area contributed by atoms with Gasteiger partial charge in [0.2, 0.25) is 10.0 Å². The first-order valence-corrected chi connectivity index (χ1v) is 7.20. The maximum Gasteiger partial charge on any atom is 0.208 e. The summed E-state index contributed by atoms with van der Waals surface area (Å²) in [6.07, 6.45) is 1.20. The molecular weight excluding hydrogens is 285 g/mol. The van der Waals surface area contributed by atoms with Gasteiger partial charge in [-0.25, -0.2) is 13.1 Å². The van der Waals surface area contributed by atoms with E-state index in [-0.39, 0.29) is 30.9 Å². The number of piperazine rings is 1. The molecule has 1 aliphatic heterocycles. The van der Waals surface area contributed by atoms with E-state index in [1.54, 1.807) is 0 Å². The number of halogens is 2. The highest BCUT2D eigenvalue weighted by Gasteiger charge is 2.24. The van der Waals surface area contributed by atoms with Crippen molar-refractivity contribution in [1.82, 2.24) is 14.9 Å². The molecule has 17 heavy (non-hydrogen) atoms. The van der Waals surface area contributed by atoms with Gasteiger partial charge in [0, 0.05) is 38.3 Å². The molecule has 2 N–H and O–H groups in total. The standard InChI is InChI=1S/C9H21N3O2S.2ClH/c1-8(2)12-5-4-10-6-9(12)7-11-15(3,13)14;;/h8-11H,4-7H2,1-3H3;2*1H/t9-;;/m1../s1. The minimum Gasteiger partial charge on any atom is -0.314 e. The van der Waals surface area contributed by atoms with Crippen molar-refractivity contribution in [2.45, 2.75) is 25.9 Å². The lowest BCUT2D eigenvalue weighted by atomic mass is 10.1. The number of nitrogens with zero attached hydrogens (tertiary/aromatic N) is 1. The van der Waals surface area contributed by atoms with Gasteiger partial charge in [-0.1, -0.05) is 0 Å². The van der Waals surface area contributed by atoms with Crippen LogP contribution in [0.2, 0.25) is 0 Å². The summed E-state index contributed by atoms with van der Waals surface area (Å²) in [7, 11) is -3.08. The smallest absolute Gasteiger partial charge is 0.208 e. The Labute approximate surface area is 117 Å². The van der Waals surface area contributed by atoms with Crippen molar-refractivity contribution in [3.05, 3.63) is 0 Å². The maximum atomic E-state index is 11.0. The normalized spacial score (nSPS) is 21.8. The summed E-state index contributed by atoms with van der Waals surface area (Å²) in [6.45, 7) is 7.57. The van der Waals surface area contributed by atoms with Gasteiger partial charge in [0.25, 0.3) is 0 Å². The summed E-state index contributed by atoms with van der Waals surface area (Å²) >= 11 is 0. The zero-order valence-electron chi connectivity index (χ0n) is 10.5. The molecule has 0 aliphatic carbocycles. The van der Waals surface area contributed by atoms with Gasteiger partial charge < -0.3 is 5.32 Å². The fourth-order valence-electron chi connectivity index (χ4n) is 1.89. The molecule has 1 rings (SSSR count). The Morgan fingerprint density at radius 2 is 2.00 bits per heavy atom. The molecule has 0 aromatic heterocycles. The van der Waals surface area contributed by atoms with E-state index in [9.17, 15) is 8.42 Å². The SMILES string of the molecule is CC(C)N1CCNC[C@@H]1CNS(C)(=O)=O.Cl.Cl. The fourth-order valence-corrected chi connectivity index (χ4v) is 2.39. The molecule has 1 atom stereocenters. The van der Waals surface area contributed by atoms with E-state index < -0.39 is 10.0 Å². The Hall–Kier alpha value is 0.410. The van der Waals surface area contributed by atoms with Crippen LogP contribution in [0, 0.1) is 0 Å². The minimum atomic E-state index is -3.08. The van der Waals surface area contributed by atoms with Crippen LogP contribution >= 0.6 is 24.8 Å².